The van der Waals surface area contributed by atoms with Crippen molar-refractivity contribution in [1.82, 2.24) is 4.90 Å². The van der Waals surface area contributed by atoms with Crippen molar-refractivity contribution >= 4 is 5.69 Å². The van der Waals surface area contributed by atoms with Crippen molar-refractivity contribution in [2.75, 3.05) is 31.1 Å². The predicted molar refractivity (Wildman–Crippen MR) is 78.5 cm³/mol. The average molecular weight is 260 g/mol. The lowest BCUT2D eigenvalue weighted by Gasteiger charge is -2.24. The van der Waals surface area contributed by atoms with E-state index in [1.807, 2.05) is 19.1 Å². The van der Waals surface area contributed by atoms with Gasteiger partial charge in [0.2, 0.25) is 0 Å². The fraction of sp³-hybridized carbons (Fsp3) is 0.625. The van der Waals surface area contributed by atoms with Gasteiger partial charge < -0.3 is 10.0 Å². The van der Waals surface area contributed by atoms with Crippen LogP contribution in [0.15, 0.2) is 24.3 Å². The molecule has 2 atom stereocenters. The van der Waals surface area contributed by atoms with Gasteiger partial charge in [-0.25, -0.2) is 0 Å². The maximum atomic E-state index is 9.55. The van der Waals surface area contributed by atoms with Crippen molar-refractivity contribution in [1.29, 1.82) is 0 Å². The number of aliphatic hydroxyl groups excluding tert-OH is 1. The van der Waals surface area contributed by atoms with Crippen LogP contribution in [0.1, 0.15) is 37.9 Å². The number of anilines is 1. The molecule has 0 amide bonds. The number of likely N-dealkylation sites (tertiary alicyclic amines) is 1. The molecule has 1 N–H and O–H groups in total. The SMILES string of the molecule is CC(O)c1ccc(N2CCC(N3CCCC3)C2)cc1. The van der Waals surface area contributed by atoms with E-state index >= 15 is 0 Å². The van der Waals surface area contributed by atoms with Crippen LogP contribution in [0.2, 0.25) is 0 Å². The van der Waals surface area contributed by atoms with E-state index in [-0.39, 0.29) is 6.10 Å². The van der Waals surface area contributed by atoms with Crippen molar-refractivity contribution < 1.29 is 5.11 Å². The highest BCUT2D eigenvalue weighted by molar-refractivity contribution is 5.49. The van der Waals surface area contributed by atoms with Gasteiger partial charge in [0, 0.05) is 24.8 Å². The summed E-state index contributed by atoms with van der Waals surface area (Å²) in [7, 11) is 0. The molecule has 2 aliphatic heterocycles. The molecule has 1 aromatic carbocycles. The fourth-order valence-corrected chi connectivity index (χ4v) is 3.34. The molecule has 0 spiro atoms. The summed E-state index contributed by atoms with van der Waals surface area (Å²) in [5.41, 5.74) is 2.30. The van der Waals surface area contributed by atoms with Crippen LogP contribution in [0.5, 0.6) is 0 Å². The van der Waals surface area contributed by atoms with Crippen LogP contribution < -0.4 is 4.90 Å². The highest BCUT2D eigenvalue weighted by atomic mass is 16.3. The van der Waals surface area contributed by atoms with Gasteiger partial charge in [-0.05, 0) is 57.0 Å². The summed E-state index contributed by atoms with van der Waals surface area (Å²) in [6.45, 7) is 6.72. The summed E-state index contributed by atoms with van der Waals surface area (Å²) in [6, 6.07) is 9.13. The van der Waals surface area contributed by atoms with Crippen LogP contribution in [0.3, 0.4) is 0 Å². The van der Waals surface area contributed by atoms with Crippen molar-refractivity contribution in [3.8, 4) is 0 Å². The van der Waals surface area contributed by atoms with E-state index in [0.717, 1.165) is 24.7 Å². The van der Waals surface area contributed by atoms with E-state index in [2.05, 4.69) is 21.9 Å². The largest absolute Gasteiger partial charge is 0.389 e. The van der Waals surface area contributed by atoms with Crippen molar-refractivity contribution in [3.05, 3.63) is 29.8 Å². The molecule has 2 fully saturated rings. The Bertz CT molecular complexity index is 409. The predicted octanol–water partition coefficient (Wildman–Crippen LogP) is 2.41. The van der Waals surface area contributed by atoms with Crippen molar-refractivity contribution in [3.63, 3.8) is 0 Å². The summed E-state index contributed by atoms with van der Waals surface area (Å²) < 4.78 is 0. The summed E-state index contributed by atoms with van der Waals surface area (Å²) in [6.07, 6.45) is 3.67. The van der Waals surface area contributed by atoms with Gasteiger partial charge >= 0.3 is 0 Å². The molecule has 2 aliphatic rings. The van der Waals surface area contributed by atoms with Crippen LogP contribution in [0, 0.1) is 0 Å². The van der Waals surface area contributed by atoms with Crippen LogP contribution in [-0.4, -0.2) is 42.2 Å². The van der Waals surface area contributed by atoms with Gasteiger partial charge in [0.05, 0.1) is 6.10 Å². The van der Waals surface area contributed by atoms with E-state index in [1.54, 1.807) is 0 Å². The first kappa shape index (κ1) is 12.9. The molecule has 2 saturated heterocycles. The quantitative estimate of drug-likeness (QED) is 0.904. The van der Waals surface area contributed by atoms with E-state index in [4.69, 9.17) is 0 Å². The maximum absolute atomic E-state index is 9.55. The Morgan fingerprint density at radius 1 is 1.11 bits per heavy atom. The maximum Gasteiger partial charge on any atom is 0.0761 e. The van der Waals surface area contributed by atoms with E-state index in [1.165, 1.54) is 38.0 Å². The Morgan fingerprint density at radius 2 is 1.79 bits per heavy atom. The second kappa shape index (κ2) is 5.51. The normalized spacial score (nSPS) is 26.0. The zero-order valence-corrected chi connectivity index (χ0v) is 11.8. The number of aliphatic hydroxyl groups is 1. The van der Waals surface area contributed by atoms with Gasteiger partial charge in [-0.3, -0.25) is 4.90 Å². The van der Waals surface area contributed by atoms with Crippen LogP contribution in [-0.2, 0) is 0 Å². The van der Waals surface area contributed by atoms with Gasteiger partial charge in [0.25, 0.3) is 0 Å². The van der Waals surface area contributed by atoms with Crippen LogP contribution >= 0.6 is 0 Å². The standard InChI is InChI=1S/C16H24N2O/c1-13(19)14-4-6-15(7-5-14)18-11-8-16(12-18)17-9-2-3-10-17/h4-7,13,16,19H,2-3,8-12H2,1H3. The van der Waals surface area contributed by atoms with Crippen molar-refractivity contribution in [2.45, 2.75) is 38.3 Å². The molecule has 0 radical (unpaired) electrons. The summed E-state index contributed by atoms with van der Waals surface area (Å²) in [5, 5.41) is 9.55. The first-order valence-electron chi connectivity index (χ1n) is 7.51. The highest BCUT2D eigenvalue weighted by Gasteiger charge is 2.29. The third kappa shape index (κ3) is 2.77. The third-order valence-corrected chi connectivity index (χ3v) is 4.56. The molecule has 0 aliphatic carbocycles. The van der Waals surface area contributed by atoms with E-state index in [0.29, 0.717) is 0 Å². The molecule has 2 unspecified atom stereocenters. The Hall–Kier alpha value is -1.06. The second-order valence-corrected chi connectivity index (χ2v) is 5.90. The Morgan fingerprint density at radius 3 is 2.42 bits per heavy atom. The molecule has 1 aromatic rings. The Balaban J connectivity index is 1.63. The number of rotatable bonds is 3. The zero-order valence-electron chi connectivity index (χ0n) is 11.8. The van der Waals surface area contributed by atoms with Gasteiger partial charge in [-0.1, -0.05) is 12.1 Å². The van der Waals surface area contributed by atoms with Gasteiger partial charge in [0.15, 0.2) is 0 Å². The Labute approximate surface area is 115 Å². The fourth-order valence-electron chi connectivity index (χ4n) is 3.34. The minimum atomic E-state index is -0.370. The highest BCUT2D eigenvalue weighted by Crippen LogP contribution is 2.26. The minimum absolute atomic E-state index is 0.370. The van der Waals surface area contributed by atoms with Crippen molar-refractivity contribution in [2.24, 2.45) is 0 Å². The van der Waals surface area contributed by atoms with E-state index in [9.17, 15) is 5.11 Å². The van der Waals surface area contributed by atoms with E-state index < -0.39 is 0 Å². The molecule has 3 heteroatoms. The topological polar surface area (TPSA) is 26.7 Å². The second-order valence-electron chi connectivity index (χ2n) is 5.90. The molecule has 3 nitrogen and oxygen atoms in total. The first-order chi connectivity index (χ1) is 9.24. The molecule has 0 saturated carbocycles. The molecular weight excluding hydrogens is 236 g/mol. The molecule has 0 bridgehead atoms. The smallest absolute Gasteiger partial charge is 0.0761 e. The van der Waals surface area contributed by atoms with Gasteiger partial charge in [-0.2, -0.15) is 0 Å². The molecular formula is C16H24N2O. The minimum Gasteiger partial charge on any atom is -0.389 e. The first-order valence-corrected chi connectivity index (χ1v) is 7.51. The summed E-state index contributed by atoms with van der Waals surface area (Å²) in [5.74, 6) is 0. The number of benzene rings is 1. The Kier molecular flexibility index (Phi) is 3.76. The lowest BCUT2D eigenvalue weighted by atomic mass is 10.1. The summed E-state index contributed by atoms with van der Waals surface area (Å²) in [4.78, 5) is 5.14. The lowest BCUT2D eigenvalue weighted by Crippen LogP contribution is -2.35. The molecule has 0 aromatic heterocycles. The lowest BCUT2D eigenvalue weighted by molar-refractivity contribution is 0.199. The van der Waals surface area contributed by atoms with Crippen LogP contribution in [0.4, 0.5) is 5.69 Å². The molecule has 2 heterocycles. The zero-order chi connectivity index (χ0) is 13.2. The third-order valence-electron chi connectivity index (χ3n) is 4.56. The number of hydrogen-bond acceptors (Lipinski definition) is 3. The summed E-state index contributed by atoms with van der Waals surface area (Å²) >= 11 is 0. The average Bonchev–Trinajstić information content (AvgIpc) is 3.10. The molecule has 3 rings (SSSR count). The number of nitrogens with zero attached hydrogens (tertiary/aromatic N) is 2. The molecule has 104 valence electrons. The monoisotopic (exact) mass is 260 g/mol. The van der Waals surface area contributed by atoms with Crippen LogP contribution in [0.25, 0.3) is 0 Å². The molecule has 19 heavy (non-hydrogen) atoms. The number of hydrogen-bond donors (Lipinski definition) is 1. The van der Waals surface area contributed by atoms with Gasteiger partial charge in [-0.15, -0.1) is 0 Å². The van der Waals surface area contributed by atoms with Gasteiger partial charge in [0.1, 0.15) is 0 Å².